The third kappa shape index (κ3) is 3.02. The molecule has 146 valence electrons. The van der Waals surface area contributed by atoms with E-state index < -0.39 is 6.29 Å². The summed E-state index contributed by atoms with van der Waals surface area (Å²) in [5.41, 5.74) is 0.993. The van der Waals surface area contributed by atoms with Gasteiger partial charge in [-0.1, -0.05) is 13.8 Å². The summed E-state index contributed by atoms with van der Waals surface area (Å²) >= 11 is 0. The molecule has 0 saturated heterocycles. The first-order valence-corrected chi connectivity index (χ1v) is 9.52. The van der Waals surface area contributed by atoms with Crippen molar-refractivity contribution < 1.29 is 24.1 Å². The first kappa shape index (κ1) is 19.5. The Bertz CT molecular complexity index is 614. The normalized spacial score (nSPS) is 34.3. The average molecular weight is 365 g/mol. The van der Waals surface area contributed by atoms with Crippen LogP contribution in [0.2, 0.25) is 0 Å². The summed E-state index contributed by atoms with van der Waals surface area (Å²) in [6, 6.07) is 0. The maximum absolute atomic E-state index is 12.1. The van der Waals surface area contributed by atoms with E-state index in [0.29, 0.717) is 23.5 Å². The van der Waals surface area contributed by atoms with Gasteiger partial charge in [-0.05, 0) is 57.3 Å². The molecule has 2 amide bonds. The number of imide groups is 1. The van der Waals surface area contributed by atoms with E-state index >= 15 is 0 Å². The van der Waals surface area contributed by atoms with E-state index in [1.807, 2.05) is 0 Å². The fourth-order valence-electron chi connectivity index (χ4n) is 4.90. The predicted molar refractivity (Wildman–Crippen MR) is 95.7 cm³/mol. The predicted octanol–water partition coefficient (Wildman–Crippen LogP) is 3.22. The zero-order valence-corrected chi connectivity index (χ0v) is 16.8. The van der Waals surface area contributed by atoms with Crippen LogP contribution in [0.5, 0.6) is 0 Å². The van der Waals surface area contributed by atoms with Gasteiger partial charge in [-0.15, -0.1) is 0 Å². The second kappa shape index (κ2) is 6.73. The van der Waals surface area contributed by atoms with Crippen molar-refractivity contribution in [2.75, 3.05) is 13.7 Å². The summed E-state index contributed by atoms with van der Waals surface area (Å²) in [6.45, 7) is 10.3. The number of carbonyl (C=O) groups excluding carboxylic acids is 2. The van der Waals surface area contributed by atoms with Crippen LogP contribution in [0.3, 0.4) is 0 Å². The topological polar surface area (TPSA) is 65.1 Å². The number of hydrogen-bond donors (Lipinski definition) is 0. The molecule has 2 bridgehead atoms. The van der Waals surface area contributed by atoms with Crippen LogP contribution in [0.15, 0.2) is 11.1 Å². The molecule has 1 aliphatic heterocycles. The van der Waals surface area contributed by atoms with E-state index in [2.05, 4.69) is 20.8 Å². The Kier molecular flexibility index (Phi) is 5.05. The van der Waals surface area contributed by atoms with Gasteiger partial charge >= 0.3 is 0 Å². The van der Waals surface area contributed by atoms with Crippen LogP contribution in [-0.4, -0.2) is 42.3 Å². The summed E-state index contributed by atoms with van der Waals surface area (Å²) in [5, 5.41) is 0. The Morgan fingerprint density at radius 2 is 1.77 bits per heavy atom. The number of rotatable bonds is 7. The quantitative estimate of drug-likeness (QED) is 0.300. The van der Waals surface area contributed by atoms with Gasteiger partial charge in [0, 0.05) is 31.2 Å². The zero-order chi connectivity index (χ0) is 19.3. The first-order chi connectivity index (χ1) is 12.1. The van der Waals surface area contributed by atoms with Crippen molar-refractivity contribution in [2.45, 2.75) is 72.2 Å². The highest BCUT2D eigenvalue weighted by molar-refractivity contribution is 6.18. The Hall–Kier alpha value is -1.24. The Balaban J connectivity index is 1.53. The molecule has 0 aromatic rings. The van der Waals surface area contributed by atoms with Crippen LogP contribution in [0, 0.1) is 17.3 Å². The van der Waals surface area contributed by atoms with Crippen LogP contribution in [0.25, 0.3) is 0 Å². The van der Waals surface area contributed by atoms with Crippen LogP contribution >= 0.6 is 0 Å². The molecular formula is C20H31NO5. The fourth-order valence-corrected chi connectivity index (χ4v) is 4.90. The maximum Gasteiger partial charge on any atom is 0.256 e. The minimum Gasteiger partial charge on any atom is -0.353 e. The molecule has 4 unspecified atom stereocenters. The first-order valence-electron chi connectivity index (χ1n) is 9.52. The molecular weight excluding hydrogens is 334 g/mol. The molecule has 0 aromatic carbocycles. The number of methoxy groups -OCH3 is 1. The van der Waals surface area contributed by atoms with Crippen molar-refractivity contribution in [1.82, 2.24) is 4.90 Å². The van der Waals surface area contributed by atoms with Crippen LogP contribution in [-0.2, 0) is 24.1 Å². The average Bonchev–Trinajstić information content (AvgIpc) is 2.78. The molecule has 0 spiro atoms. The standard InChI is InChI=1S/C20H31NO5/c1-12-13(2)18(23)21(17(12)22)10-8-16(24-6)25-26-20(5)9-7-14-11-15(20)19(14,3)4/h14-16H,7-11H2,1-6H3. The highest BCUT2D eigenvalue weighted by Crippen LogP contribution is 2.63. The minimum atomic E-state index is -0.616. The number of nitrogens with zero attached hydrogens (tertiary/aromatic N) is 1. The second-order valence-corrected chi connectivity index (χ2v) is 8.80. The van der Waals surface area contributed by atoms with Crippen molar-refractivity contribution >= 4 is 11.8 Å². The van der Waals surface area contributed by atoms with E-state index in [1.54, 1.807) is 21.0 Å². The largest absolute Gasteiger partial charge is 0.353 e. The van der Waals surface area contributed by atoms with Crippen molar-refractivity contribution in [3.63, 3.8) is 0 Å². The van der Waals surface area contributed by atoms with E-state index in [9.17, 15) is 9.59 Å². The Morgan fingerprint density at radius 3 is 2.27 bits per heavy atom. The van der Waals surface area contributed by atoms with Crippen molar-refractivity contribution in [2.24, 2.45) is 17.3 Å². The molecule has 4 aliphatic rings. The summed E-state index contributed by atoms with van der Waals surface area (Å²) in [4.78, 5) is 37.0. The van der Waals surface area contributed by atoms with E-state index in [1.165, 1.54) is 11.3 Å². The smallest absolute Gasteiger partial charge is 0.256 e. The van der Waals surface area contributed by atoms with E-state index in [4.69, 9.17) is 14.5 Å². The number of fused-ring (bicyclic) bond motifs is 2. The Labute approximate surface area is 155 Å². The summed E-state index contributed by atoms with van der Waals surface area (Å²) < 4.78 is 5.36. The van der Waals surface area contributed by atoms with Crippen LogP contribution < -0.4 is 0 Å². The summed E-state index contributed by atoms with van der Waals surface area (Å²) in [7, 11) is 1.54. The van der Waals surface area contributed by atoms with Crippen molar-refractivity contribution in [3.8, 4) is 0 Å². The lowest BCUT2D eigenvalue weighted by Crippen LogP contribution is -2.61. The van der Waals surface area contributed by atoms with Gasteiger partial charge in [-0.3, -0.25) is 14.5 Å². The zero-order valence-electron chi connectivity index (χ0n) is 16.8. The molecule has 26 heavy (non-hydrogen) atoms. The molecule has 0 radical (unpaired) electrons. The van der Waals surface area contributed by atoms with Gasteiger partial charge in [-0.25, -0.2) is 9.78 Å². The van der Waals surface area contributed by atoms with Crippen LogP contribution in [0.4, 0.5) is 0 Å². The number of carbonyl (C=O) groups is 2. The SMILES string of the molecule is COC(CCN1C(=O)C(C)=C(C)C1=O)OOC1(C)CCC2CC1C2(C)C. The number of ether oxygens (including phenoxy) is 1. The summed E-state index contributed by atoms with van der Waals surface area (Å²) in [5.74, 6) is 0.797. The molecule has 1 heterocycles. The molecule has 4 rings (SSSR count). The molecule has 6 nitrogen and oxygen atoms in total. The van der Waals surface area contributed by atoms with Gasteiger partial charge in [0.25, 0.3) is 11.8 Å². The van der Waals surface area contributed by atoms with Gasteiger partial charge in [0.2, 0.25) is 0 Å². The molecule has 0 N–H and O–H groups in total. The summed E-state index contributed by atoms with van der Waals surface area (Å²) in [6.07, 6.45) is 3.08. The molecule has 6 heteroatoms. The lowest BCUT2D eigenvalue weighted by Gasteiger charge is -2.63. The molecule has 3 aliphatic carbocycles. The third-order valence-electron chi connectivity index (χ3n) is 7.09. The number of amides is 2. The molecule has 0 aromatic heterocycles. The maximum atomic E-state index is 12.1. The van der Waals surface area contributed by atoms with Gasteiger partial charge in [0.1, 0.15) is 5.60 Å². The highest BCUT2D eigenvalue weighted by Gasteiger charge is 2.60. The van der Waals surface area contributed by atoms with Gasteiger partial charge in [0.05, 0.1) is 0 Å². The monoisotopic (exact) mass is 365 g/mol. The molecule has 3 saturated carbocycles. The third-order valence-corrected chi connectivity index (χ3v) is 7.09. The highest BCUT2D eigenvalue weighted by atomic mass is 17.2. The molecule has 4 atom stereocenters. The molecule has 3 fully saturated rings. The minimum absolute atomic E-state index is 0.232. The van der Waals surface area contributed by atoms with Crippen LogP contribution in [0.1, 0.15) is 60.3 Å². The van der Waals surface area contributed by atoms with Gasteiger partial charge < -0.3 is 4.74 Å². The van der Waals surface area contributed by atoms with Gasteiger partial charge in [-0.2, -0.15) is 0 Å². The fraction of sp³-hybridized carbons (Fsp3) is 0.800. The van der Waals surface area contributed by atoms with Crippen molar-refractivity contribution in [3.05, 3.63) is 11.1 Å². The van der Waals surface area contributed by atoms with Crippen molar-refractivity contribution in [1.29, 1.82) is 0 Å². The van der Waals surface area contributed by atoms with Gasteiger partial charge in [0.15, 0.2) is 6.29 Å². The lowest BCUT2D eigenvalue weighted by atomic mass is 9.44. The number of hydrogen-bond acceptors (Lipinski definition) is 5. The van der Waals surface area contributed by atoms with E-state index in [0.717, 1.165) is 18.8 Å². The second-order valence-electron chi connectivity index (χ2n) is 8.80. The van der Waals surface area contributed by atoms with E-state index in [-0.39, 0.29) is 29.4 Å². The Morgan fingerprint density at radius 1 is 1.15 bits per heavy atom. The lowest BCUT2D eigenvalue weighted by molar-refractivity contribution is -0.447.